The number of pyridine rings is 1. The van der Waals surface area contributed by atoms with Gasteiger partial charge in [-0.1, -0.05) is 0 Å². The van der Waals surface area contributed by atoms with Crippen LogP contribution in [0, 0.1) is 17.5 Å². The number of carbonyl (C=O) groups excluding carboxylic acids is 1. The lowest BCUT2D eigenvalue weighted by Crippen LogP contribution is -2.43. The Bertz CT molecular complexity index is 1790. The molecule has 0 aliphatic rings. The number of amides is 1. The van der Waals surface area contributed by atoms with E-state index in [4.69, 9.17) is 4.74 Å². The quantitative estimate of drug-likeness (QED) is 0.221. The van der Waals surface area contributed by atoms with Gasteiger partial charge in [-0.15, -0.1) is 0 Å². The highest BCUT2D eigenvalue weighted by atomic mass is 19.2. The summed E-state index contributed by atoms with van der Waals surface area (Å²) in [6.45, 7) is -0.121. The molecule has 1 amide bonds. The maximum absolute atomic E-state index is 14.0. The first-order chi connectivity index (χ1) is 20.5. The molecule has 4 rings (SSSR count). The van der Waals surface area contributed by atoms with Crippen LogP contribution in [0.25, 0.3) is 0 Å². The van der Waals surface area contributed by atoms with Crippen molar-refractivity contribution in [3.8, 4) is 5.75 Å². The number of H-pyrrole nitrogens is 1. The topological polar surface area (TPSA) is 143 Å². The monoisotopic (exact) mass is 599 g/mol. The number of likely N-dealkylation sites (N-methyl/N-ethyl adjacent to an activating group) is 1. The summed E-state index contributed by atoms with van der Waals surface area (Å²) in [5.74, 6) is -4.87. The fourth-order valence-corrected chi connectivity index (χ4v) is 4.01. The summed E-state index contributed by atoms with van der Waals surface area (Å²) in [4.78, 5) is 60.0. The number of methoxy groups -OCH3 is 1. The van der Waals surface area contributed by atoms with Crippen LogP contribution >= 0.6 is 0 Å². The molecule has 0 atom stereocenters. The number of nitrogens with zero attached hydrogens (tertiary/aromatic N) is 4. The molecule has 0 fully saturated rings. The third-order valence-electron chi connectivity index (χ3n) is 6.29. The van der Waals surface area contributed by atoms with E-state index in [-0.39, 0.29) is 22.8 Å². The molecule has 0 spiro atoms. The predicted molar refractivity (Wildman–Crippen MR) is 152 cm³/mol. The van der Waals surface area contributed by atoms with Crippen LogP contribution in [-0.4, -0.2) is 64.2 Å². The molecule has 226 valence electrons. The van der Waals surface area contributed by atoms with E-state index in [2.05, 4.69) is 20.6 Å². The molecule has 2 aromatic heterocycles. The number of ether oxygens (including phenoxy) is 1. The molecule has 0 radical (unpaired) electrons. The molecular formula is C28H28F3N7O5. The predicted octanol–water partition coefficient (Wildman–Crippen LogP) is 1.65. The van der Waals surface area contributed by atoms with Gasteiger partial charge in [-0.2, -0.15) is 4.98 Å². The standard InChI is InChI=1S/C28H28F3N7O5/c1-36(2)11-10-32-25(40)22-9-4-17(24(39)34-22)15-38-27(41)35-26(33-18-5-7-19(43-3)8-6-18)37(28(38)42)14-16-12-20(29)23(31)21(30)13-16/h4-9,12-13H,10-11,14-15H2,1-3H3,(H,32,40)(H,34,39)(H,33,35,41). The van der Waals surface area contributed by atoms with Crippen molar-refractivity contribution in [2.24, 2.45) is 0 Å². The molecule has 15 heteroatoms. The molecule has 4 aromatic rings. The van der Waals surface area contributed by atoms with Gasteiger partial charge in [0.1, 0.15) is 11.4 Å². The zero-order valence-corrected chi connectivity index (χ0v) is 23.4. The van der Waals surface area contributed by atoms with E-state index < -0.39 is 53.4 Å². The Labute approximate surface area is 242 Å². The normalized spacial score (nSPS) is 11.0. The summed E-state index contributed by atoms with van der Waals surface area (Å²) in [5, 5.41) is 5.48. The van der Waals surface area contributed by atoms with Gasteiger partial charge in [0.2, 0.25) is 5.95 Å². The number of aromatic nitrogens is 4. The Morgan fingerprint density at radius 2 is 1.65 bits per heavy atom. The molecule has 43 heavy (non-hydrogen) atoms. The summed E-state index contributed by atoms with van der Waals surface area (Å²) < 4.78 is 48.2. The van der Waals surface area contributed by atoms with Gasteiger partial charge in [0.05, 0.1) is 20.2 Å². The van der Waals surface area contributed by atoms with Crippen molar-refractivity contribution in [3.63, 3.8) is 0 Å². The van der Waals surface area contributed by atoms with Crippen LogP contribution in [0.4, 0.5) is 24.8 Å². The van der Waals surface area contributed by atoms with E-state index >= 15 is 0 Å². The van der Waals surface area contributed by atoms with E-state index in [9.17, 15) is 32.3 Å². The van der Waals surface area contributed by atoms with Gasteiger partial charge in [0.15, 0.2) is 17.5 Å². The smallest absolute Gasteiger partial charge is 0.355 e. The van der Waals surface area contributed by atoms with Gasteiger partial charge in [0.25, 0.3) is 11.5 Å². The Morgan fingerprint density at radius 3 is 2.26 bits per heavy atom. The minimum absolute atomic E-state index is 0.0187. The van der Waals surface area contributed by atoms with E-state index in [0.29, 0.717) is 41.2 Å². The van der Waals surface area contributed by atoms with Crippen LogP contribution in [0.1, 0.15) is 21.6 Å². The SMILES string of the molecule is COc1ccc(Nc2nc(=O)n(Cc3ccc(C(=O)NCCN(C)C)[nH]c3=O)c(=O)n2Cc2cc(F)c(F)c(F)c2)cc1. The highest BCUT2D eigenvalue weighted by Crippen LogP contribution is 2.19. The van der Waals surface area contributed by atoms with Crippen molar-refractivity contribution < 1.29 is 22.7 Å². The second-order valence-corrected chi connectivity index (χ2v) is 9.69. The molecular weight excluding hydrogens is 571 g/mol. The number of benzene rings is 2. The minimum Gasteiger partial charge on any atom is -0.497 e. The minimum atomic E-state index is -1.68. The lowest BCUT2D eigenvalue weighted by atomic mass is 10.2. The Kier molecular flexibility index (Phi) is 9.45. The highest BCUT2D eigenvalue weighted by Gasteiger charge is 2.18. The largest absolute Gasteiger partial charge is 0.497 e. The van der Waals surface area contributed by atoms with Gasteiger partial charge in [-0.25, -0.2) is 27.3 Å². The number of aromatic amines is 1. The fourth-order valence-electron chi connectivity index (χ4n) is 4.01. The van der Waals surface area contributed by atoms with E-state index in [1.807, 2.05) is 19.0 Å². The molecule has 0 unspecified atom stereocenters. The molecule has 3 N–H and O–H groups in total. The first-order valence-corrected chi connectivity index (χ1v) is 12.9. The van der Waals surface area contributed by atoms with E-state index in [1.165, 1.54) is 19.2 Å². The first kappa shape index (κ1) is 30.8. The van der Waals surface area contributed by atoms with Gasteiger partial charge < -0.3 is 25.3 Å². The second kappa shape index (κ2) is 13.2. The van der Waals surface area contributed by atoms with Crippen LogP contribution in [0.15, 0.2) is 62.9 Å². The number of rotatable bonds is 11. The lowest BCUT2D eigenvalue weighted by Gasteiger charge is -2.16. The second-order valence-electron chi connectivity index (χ2n) is 9.69. The van der Waals surface area contributed by atoms with E-state index in [1.54, 1.807) is 24.3 Å². The number of hydrogen-bond donors (Lipinski definition) is 3. The van der Waals surface area contributed by atoms with E-state index in [0.717, 1.165) is 4.57 Å². The first-order valence-electron chi connectivity index (χ1n) is 12.9. The Morgan fingerprint density at radius 1 is 0.977 bits per heavy atom. The summed E-state index contributed by atoms with van der Waals surface area (Å²) in [6.07, 6.45) is 0. The maximum atomic E-state index is 14.0. The summed E-state index contributed by atoms with van der Waals surface area (Å²) in [7, 11) is 5.15. The average Bonchev–Trinajstić information content (AvgIpc) is 2.96. The molecule has 0 saturated heterocycles. The summed E-state index contributed by atoms with van der Waals surface area (Å²) in [6, 6.07) is 10.4. The number of anilines is 2. The molecule has 0 bridgehead atoms. The third-order valence-corrected chi connectivity index (χ3v) is 6.29. The van der Waals surface area contributed by atoms with Crippen molar-refractivity contribution in [1.29, 1.82) is 0 Å². The molecule has 0 aliphatic heterocycles. The third kappa shape index (κ3) is 7.37. The van der Waals surface area contributed by atoms with Crippen molar-refractivity contribution >= 4 is 17.5 Å². The van der Waals surface area contributed by atoms with Crippen molar-refractivity contribution in [2.45, 2.75) is 13.1 Å². The van der Waals surface area contributed by atoms with Gasteiger partial charge in [-0.05, 0) is 68.2 Å². The van der Waals surface area contributed by atoms with Gasteiger partial charge in [0, 0.05) is 24.3 Å². The maximum Gasteiger partial charge on any atom is 0.355 e. The molecule has 0 saturated carbocycles. The number of nitrogens with one attached hydrogen (secondary N) is 3. The van der Waals surface area contributed by atoms with Crippen LogP contribution in [0.3, 0.4) is 0 Å². The van der Waals surface area contributed by atoms with Crippen molar-refractivity contribution in [2.75, 3.05) is 39.6 Å². The molecule has 12 nitrogen and oxygen atoms in total. The van der Waals surface area contributed by atoms with Crippen molar-refractivity contribution in [3.05, 3.63) is 114 Å². The number of halogens is 3. The average molecular weight is 600 g/mol. The van der Waals surface area contributed by atoms with Crippen LogP contribution in [0.2, 0.25) is 0 Å². The molecule has 2 aromatic carbocycles. The highest BCUT2D eigenvalue weighted by molar-refractivity contribution is 5.92. The molecule has 2 heterocycles. The zero-order valence-electron chi connectivity index (χ0n) is 23.4. The van der Waals surface area contributed by atoms with Gasteiger partial charge >= 0.3 is 11.4 Å². The molecule has 0 aliphatic carbocycles. The summed E-state index contributed by atoms with van der Waals surface area (Å²) >= 11 is 0. The summed E-state index contributed by atoms with van der Waals surface area (Å²) in [5.41, 5.74) is -2.52. The van der Waals surface area contributed by atoms with Crippen molar-refractivity contribution in [1.82, 2.24) is 29.3 Å². The Balaban J connectivity index is 1.71. The van der Waals surface area contributed by atoms with Crippen LogP contribution in [0.5, 0.6) is 5.75 Å². The zero-order chi connectivity index (χ0) is 31.3. The van der Waals surface area contributed by atoms with Gasteiger partial charge in [-0.3, -0.25) is 14.2 Å². The van der Waals surface area contributed by atoms with Crippen LogP contribution < -0.4 is 32.3 Å². The van der Waals surface area contributed by atoms with Crippen LogP contribution in [-0.2, 0) is 13.1 Å². The fraction of sp³-hybridized carbons (Fsp3) is 0.250. The number of carbonyl (C=O) groups is 1. The Hall–Kier alpha value is -5.18. The lowest BCUT2D eigenvalue weighted by molar-refractivity contribution is 0.0945. The number of hydrogen-bond acceptors (Lipinski definition) is 8.